The van der Waals surface area contributed by atoms with Crippen LogP contribution in [0.5, 0.6) is 11.6 Å². The summed E-state index contributed by atoms with van der Waals surface area (Å²) in [6.07, 6.45) is 0. The zero-order valence-electron chi connectivity index (χ0n) is 22.4. The molecule has 0 amide bonds. The van der Waals surface area contributed by atoms with Crippen molar-refractivity contribution in [2.45, 2.75) is 78.0 Å². The number of hydrogen-bond donors (Lipinski definition) is 0. The van der Waals surface area contributed by atoms with Crippen molar-refractivity contribution in [2.24, 2.45) is 0 Å². The van der Waals surface area contributed by atoms with Crippen molar-refractivity contribution in [3.8, 4) is 11.6 Å². The predicted molar refractivity (Wildman–Crippen MR) is 142 cm³/mol. The Morgan fingerprint density at radius 1 is 0.833 bits per heavy atom. The number of nitrogens with zero attached hydrogens (tertiary/aromatic N) is 2. The van der Waals surface area contributed by atoms with E-state index in [1.54, 1.807) is 13.0 Å². The Morgan fingerprint density at radius 3 is 1.97 bits per heavy atom. The zero-order valence-corrected chi connectivity index (χ0v) is 23.2. The second-order valence-electron chi connectivity index (χ2n) is 10.2. The SMILES string of the molecule is COc1cc2c(OS(=O)(=O)c3c(C(C)C)cc(C(C)C)cc3C(C)C)nc(C)nc2c2cc(C)oc12. The molecular formula is C28H34N2O5S. The van der Waals surface area contributed by atoms with E-state index in [0.717, 1.165) is 16.7 Å². The third-order valence-electron chi connectivity index (χ3n) is 6.37. The van der Waals surface area contributed by atoms with Crippen molar-refractivity contribution in [3.63, 3.8) is 0 Å². The fourth-order valence-electron chi connectivity index (χ4n) is 4.50. The molecule has 2 aromatic carbocycles. The minimum Gasteiger partial charge on any atom is -0.493 e. The van der Waals surface area contributed by atoms with Crippen LogP contribution >= 0.6 is 0 Å². The normalized spacial score (nSPS) is 12.4. The minimum absolute atomic E-state index is 0.0212. The van der Waals surface area contributed by atoms with Gasteiger partial charge in [-0.15, -0.1) is 0 Å². The second-order valence-corrected chi connectivity index (χ2v) is 11.7. The van der Waals surface area contributed by atoms with Gasteiger partial charge in [0.25, 0.3) is 0 Å². The van der Waals surface area contributed by atoms with Crippen molar-refractivity contribution in [1.82, 2.24) is 9.97 Å². The van der Waals surface area contributed by atoms with Crippen molar-refractivity contribution in [3.05, 3.63) is 52.5 Å². The summed E-state index contributed by atoms with van der Waals surface area (Å²) in [6.45, 7) is 15.7. The predicted octanol–water partition coefficient (Wildman–Crippen LogP) is 7.14. The summed E-state index contributed by atoms with van der Waals surface area (Å²) in [7, 11) is -2.70. The van der Waals surface area contributed by atoms with Gasteiger partial charge in [0.15, 0.2) is 11.3 Å². The third kappa shape index (κ3) is 4.54. The Labute approximate surface area is 213 Å². The average Bonchev–Trinajstić information content (AvgIpc) is 3.19. The van der Waals surface area contributed by atoms with Gasteiger partial charge in [0.1, 0.15) is 16.5 Å². The molecule has 192 valence electrons. The van der Waals surface area contributed by atoms with Gasteiger partial charge in [0, 0.05) is 0 Å². The molecule has 0 N–H and O–H groups in total. The van der Waals surface area contributed by atoms with Crippen LogP contribution in [0.4, 0.5) is 0 Å². The van der Waals surface area contributed by atoms with Crippen LogP contribution in [0.2, 0.25) is 0 Å². The minimum atomic E-state index is -4.24. The topological polar surface area (TPSA) is 91.5 Å². The first-order valence-electron chi connectivity index (χ1n) is 12.2. The number of aryl methyl sites for hydroxylation is 2. The lowest BCUT2D eigenvalue weighted by molar-refractivity contribution is 0.409. The van der Waals surface area contributed by atoms with Crippen molar-refractivity contribution in [1.29, 1.82) is 0 Å². The van der Waals surface area contributed by atoms with Gasteiger partial charge in [-0.25, -0.2) is 4.98 Å². The first kappa shape index (κ1) is 25.9. The first-order chi connectivity index (χ1) is 16.8. The number of ether oxygens (including phenoxy) is 1. The summed E-state index contributed by atoms with van der Waals surface area (Å²) in [5.74, 6) is 1.72. The van der Waals surface area contributed by atoms with Crippen LogP contribution in [-0.4, -0.2) is 25.5 Å². The lowest BCUT2D eigenvalue weighted by atomic mass is 9.89. The lowest BCUT2D eigenvalue weighted by Crippen LogP contribution is -2.18. The van der Waals surface area contributed by atoms with E-state index < -0.39 is 10.1 Å². The molecule has 0 bridgehead atoms. The van der Waals surface area contributed by atoms with Crippen LogP contribution in [0, 0.1) is 13.8 Å². The molecule has 7 nitrogen and oxygen atoms in total. The van der Waals surface area contributed by atoms with Gasteiger partial charge in [-0.05, 0) is 60.4 Å². The molecule has 0 aliphatic carbocycles. The number of furan rings is 1. The molecule has 36 heavy (non-hydrogen) atoms. The van der Waals surface area contributed by atoms with E-state index in [9.17, 15) is 8.42 Å². The number of aromatic nitrogens is 2. The highest BCUT2D eigenvalue weighted by Crippen LogP contribution is 2.40. The molecule has 0 radical (unpaired) electrons. The van der Waals surface area contributed by atoms with Crippen LogP contribution in [-0.2, 0) is 10.1 Å². The van der Waals surface area contributed by atoms with E-state index in [2.05, 4.69) is 23.8 Å². The van der Waals surface area contributed by atoms with Crippen LogP contribution in [0.3, 0.4) is 0 Å². The first-order valence-corrected chi connectivity index (χ1v) is 13.6. The van der Waals surface area contributed by atoms with Gasteiger partial charge in [0.2, 0.25) is 5.88 Å². The fourth-order valence-corrected chi connectivity index (χ4v) is 6.08. The Balaban J connectivity index is 1.98. The van der Waals surface area contributed by atoms with E-state index in [1.165, 1.54) is 7.11 Å². The van der Waals surface area contributed by atoms with Crippen molar-refractivity contribution < 1.29 is 21.8 Å². The summed E-state index contributed by atoms with van der Waals surface area (Å²) in [4.78, 5) is 9.19. The Kier molecular flexibility index (Phi) is 6.77. The molecule has 8 heteroatoms. The molecule has 0 unspecified atom stereocenters. The Hall–Kier alpha value is -3.13. The Morgan fingerprint density at radius 2 is 1.44 bits per heavy atom. The van der Waals surface area contributed by atoms with Crippen LogP contribution in [0.15, 0.2) is 33.6 Å². The average molecular weight is 511 g/mol. The second kappa shape index (κ2) is 9.39. The summed E-state index contributed by atoms with van der Waals surface area (Å²) >= 11 is 0. The maximum absolute atomic E-state index is 14.0. The molecule has 2 heterocycles. The third-order valence-corrected chi connectivity index (χ3v) is 7.72. The van der Waals surface area contributed by atoms with Crippen LogP contribution in [0.25, 0.3) is 21.9 Å². The van der Waals surface area contributed by atoms with E-state index in [-0.39, 0.29) is 28.5 Å². The molecule has 0 fully saturated rings. The van der Waals surface area contributed by atoms with Crippen LogP contribution < -0.4 is 8.92 Å². The molecular weight excluding hydrogens is 476 g/mol. The largest absolute Gasteiger partial charge is 0.493 e. The van der Waals surface area contributed by atoms with E-state index >= 15 is 0 Å². The highest BCUT2D eigenvalue weighted by molar-refractivity contribution is 7.87. The molecule has 4 rings (SSSR count). The number of methoxy groups -OCH3 is 1. The molecule has 2 aromatic heterocycles. The van der Waals surface area contributed by atoms with Gasteiger partial charge >= 0.3 is 10.1 Å². The van der Waals surface area contributed by atoms with Crippen LogP contribution in [0.1, 0.15) is 87.6 Å². The molecule has 0 saturated heterocycles. The van der Waals surface area contributed by atoms with Gasteiger partial charge < -0.3 is 13.3 Å². The molecule has 0 aliphatic heterocycles. The van der Waals surface area contributed by atoms with Crippen molar-refractivity contribution >= 4 is 32.0 Å². The molecule has 0 saturated carbocycles. The highest BCUT2D eigenvalue weighted by atomic mass is 32.2. The standard InChI is InChI=1S/C28H34N2O5S/c1-14(2)19-11-20(15(3)4)27(21(12-19)16(5)6)36(31,32)35-28-23-13-24(33-9)26-22(10-17(7)34-26)25(23)29-18(8)30-28/h10-16H,1-9H3. The maximum Gasteiger partial charge on any atom is 0.341 e. The molecule has 4 aromatic rings. The van der Waals surface area contributed by atoms with E-state index in [0.29, 0.717) is 39.2 Å². The van der Waals surface area contributed by atoms with E-state index in [1.807, 2.05) is 52.8 Å². The number of benzene rings is 2. The van der Waals surface area contributed by atoms with Gasteiger partial charge in [-0.3, -0.25) is 0 Å². The summed E-state index contributed by atoms with van der Waals surface area (Å²) in [6, 6.07) is 7.49. The van der Waals surface area contributed by atoms with Gasteiger partial charge in [-0.2, -0.15) is 13.4 Å². The van der Waals surface area contributed by atoms with Gasteiger partial charge in [-0.1, -0.05) is 53.7 Å². The summed E-state index contributed by atoms with van der Waals surface area (Å²) < 4.78 is 45.2. The lowest BCUT2D eigenvalue weighted by Gasteiger charge is -2.22. The summed E-state index contributed by atoms with van der Waals surface area (Å²) in [5.41, 5.74) is 3.68. The molecule has 0 spiro atoms. The quantitative estimate of drug-likeness (QED) is 0.244. The molecule has 0 atom stereocenters. The smallest absolute Gasteiger partial charge is 0.341 e. The maximum atomic E-state index is 14.0. The zero-order chi connectivity index (χ0) is 26.5. The molecule has 0 aliphatic rings. The highest BCUT2D eigenvalue weighted by Gasteiger charge is 2.30. The number of fused-ring (bicyclic) bond motifs is 3. The van der Waals surface area contributed by atoms with Crippen molar-refractivity contribution in [2.75, 3.05) is 7.11 Å². The summed E-state index contributed by atoms with van der Waals surface area (Å²) in [5, 5.41) is 1.15. The number of rotatable bonds is 7. The Bertz CT molecular complexity index is 1540. The number of hydrogen-bond acceptors (Lipinski definition) is 7. The fraction of sp³-hybridized carbons (Fsp3) is 0.429. The van der Waals surface area contributed by atoms with Gasteiger partial charge in [0.05, 0.1) is 23.4 Å². The monoisotopic (exact) mass is 510 g/mol. The van der Waals surface area contributed by atoms with E-state index in [4.69, 9.17) is 13.3 Å².